The Morgan fingerprint density at radius 2 is 0.500 bits per heavy atom. The summed E-state index contributed by atoms with van der Waals surface area (Å²) in [6.45, 7) is 0. The Labute approximate surface area is 285 Å². The fourth-order valence-electron chi connectivity index (χ4n) is 5.78. The molecule has 0 unspecified atom stereocenters. The number of benzene rings is 8. The first-order valence-electron chi connectivity index (χ1n) is 16.4. The van der Waals surface area contributed by atoms with E-state index in [1.54, 1.807) is 0 Å². The van der Waals surface area contributed by atoms with Gasteiger partial charge in [-0.05, 0) is 75.8 Å². The van der Waals surface area contributed by atoms with Crippen molar-refractivity contribution in [3.63, 3.8) is 0 Å². The highest BCUT2D eigenvalue weighted by Crippen LogP contribution is 2.36. The van der Waals surface area contributed by atoms with Crippen LogP contribution in [0.4, 0.5) is 17.1 Å². The molecule has 232 valence electrons. The van der Waals surface area contributed by atoms with E-state index in [0.29, 0.717) is 0 Å². The molecule has 0 saturated carbocycles. The topological polar surface area (TPSA) is 3.24 Å². The van der Waals surface area contributed by atoms with Crippen LogP contribution in [0.15, 0.2) is 224 Å². The summed E-state index contributed by atoms with van der Waals surface area (Å²) >= 11 is 0. The predicted octanol–water partition coefficient (Wildman–Crippen LogP) is 12.9. The number of nitrogens with zero attached hydrogens (tertiary/aromatic N) is 1. The molecule has 1 nitrogen and oxygen atoms in total. The summed E-state index contributed by atoms with van der Waals surface area (Å²) in [6, 6.07) is 77.3. The van der Waals surface area contributed by atoms with Gasteiger partial charge in [-0.15, -0.1) is 0 Å². The molecular weight excluding hydrogens is 579 g/mol. The molecule has 0 atom stereocenters. The first kappa shape index (κ1) is 31.8. The zero-order chi connectivity index (χ0) is 32.6. The lowest BCUT2D eigenvalue weighted by molar-refractivity contribution is 1.26. The van der Waals surface area contributed by atoms with E-state index in [9.17, 15) is 0 Å². The first-order valence-corrected chi connectivity index (χ1v) is 16.4. The van der Waals surface area contributed by atoms with Crippen molar-refractivity contribution in [2.75, 3.05) is 4.90 Å². The summed E-state index contributed by atoms with van der Waals surface area (Å²) in [5, 5.41) is 2.62. The molecule has 0 saturated heterocycles. The zero-order valence-corrected chi connectivity index (χ0v) is 27.0. The maximum Gasteiger partial charge on any atom is 0.0461 e. The summed E-state index contributed by atoms with van der Waals surface area (Å²) in [5.74, 6) is 0. The van der Waals surface area contributed by atoms with Gasteiger partial charge in [-0.3, -0.25) is 0 Å². The van der Waals surface area contributed by atoms with Crippen molar-refractivity contribution in [3.05, 3.63) is 236 Å². The summed E-state index contributed by atoms with van der Waals surface area (Å²) in [7, 11) is 0. The number of hydrogen-bond acceptors (Lipinski definition) is 1. The van der Waals surface area contributed by atoms with Gasteiger partial charge < -0.3 is 4.90 Å². The summed E-state index contributed by atoms with van der Waals surface area (Å²) < 4.78 is 0. The van der Waals surface area contributed by atoms with E-state index in [1.807, 2.05) is 54.6 Å². The number of anilines is 3. The molecule has 0 heterocycles. The molecule has 0 spiro atoms. The van der Waals surface area contributed by atoms with E-state index in [0.717, 1.165) is 6.42 Å². The molecule has 0 N–H and O–H groups in total. The lowest BCUT2D eigenvalue weighted by Gasteiger charge is -2.25. The van der Waals surface area contributed by atoms with Crippen molar-refractivity contribution >= 4 is 27.8 Å². The lowest BCUT2D eigenvalue weighted by Crippen LogP contribution is -2.09. The van der Waals surface area contributed by atoms with Crippen LogP contribution in [-0.2, 0) is 6.42 Å². The minimum absolute atomic E-state index is 1.10. The fraction of sp³-hybridized carbons (Fsp3) is 0.0213. The molecule has 0 fully saturated rings. The minimum Gasteiger partial charge on any atom is -0.311 e. The minimum atomic E-state index is 1.10. The van der Waals surface area contributed by atoms with Gasteiger partial charge in [0.05, 0.1) is 0 Å². The van der Waals surface area contributed by atoms with Crippen molar-refractivity contribution in [3.8, 4) is 11.1 Å². The van der Waals surface area contributed by atoms with Gasteiger partial charge in [0.15, 0.2) is 0 Å². The van der Waals surface area contributed by atoms with Gasteiger partial charge >= 0.3 is 0 Å². The van der Waals surface area contributed by atoms with Crippen LogP contribution in [0.5, 0.6) is 0 Å². The molecule has 0 aliphatic heterocycles. The van der Waals surface area contributed by atoms with E-state index in [1.165, 1.54) is 50.1 Å². The van der Waals surface area contributed by atoms with E-state index in [4.69, 9.17) is 0 Å². The molecule has 0 bridgehead atoms. The predicted molar refractivity (Wildman–Crippen MR) is 206 cm³/mol. The van der Waals surface area contributed by atoms with Crippen LogP contribution >= 0.6 is 0 Å². The molecule has 0 radical (unpaired) electrons. The Morgan fingerprint density at radius 3 is 0.833 bits per heavy atom. The van der Waals surface area contributed by atoms with E-state index in [2.05, 4.69) is 175 Å². The van der Waals surface area contributed by atoms with Gasteiger partial charge in [-0.1, -0.05) is 188 Å². The fourth-order valence-corrected chi connectivity index (χ4v) is 5.78. The molecule has 1 aliphatic rings. The van der Waals surface area contributed by atoms with Crippen LogP contribution < -0.4 is 4.90 Å². The van der Waals surface area contributed by atoms with Crippen molar-refractivity contribution in [2.24, 2.45) is 0 Å². The van der Waals surface area contributed by atoms with Gasteiger partial charge in [-0.2, -0.15) is 0 Å². The Kier molecular flexibility index (Phi) is 11.2. The molecule has 0 amide bonds. The average molecular weight is 618 g/mol. The largest absolute Gasteiger partial charge is 0.311 e. The van der Waals surface area contributed by atoms with Crippen LogP contribution in [0.1, 0.15) is 11.1 Å². The second kappa shape index (κ2) is 16.9. The molecule has 48 heavy (non-hydrogen) atoms. The van der Waals surface area contributed by atoms with Gasteiger partial charge in [0.25, 0.3) is 0 Å². The first-order chi connectivity index (χ1) is 23.9. The quantitative estimate of drug-likeness (QED) is 0.191. The van der Waals surface area contributed by atoms with Crippen molar-refractivity contribution in [2.45, 2.75) is 6.42 Å². The highest BCUT2D eigenvalue weighted by molar-refractivity contribution is 5.82. The van der Waals surface area contributed by atoms with Gasteiger partial charge in [0.1, 0.15) is 0 Å². The Bertz CT molecular complexity index is 1860. The molecule has 0 aromatic heterocycles. The molecule has 1 aliphatic carbocycles. The lowest BCUT2D eigenvalue weighted by atomic mass is 10.1. The normalized spacial score (nSPS) is 10.4. The van der Waals surface area contributed by atoms with Gasteiger partial charge in [0, 0.05) is 17.1 Å². The van der Waals surface area contributed by atoms with E-state index < -0.39 is 0 Å². The second-order valence-electron chi connectivity index (χ2n) is 11.3. The van der Waals surface area contributed by atoms with E-state index >= 15 is 0 Å². The second-order valence-corrected chi connectivity index (χ2v) is 11.3. The Hall–Kier alpha value is -6.18. The van der Waals surface area contributed by atoms with Crippen molar-refractivity contribution in [1.29, 1.82) is 0 Å². The summed E-state index contributed by atoms with van der Waals surface area (Å²) in [4.78, 5) is 2.25. The molecule has 8 aromatic carbocycles. The highest BCUT2D eigenvalue weighted by atomic mass is 15.1. The SMILES string of the molecule is c1ccc(N(c2ccccc2)c2ccccc2)cc1.c1ccc2c(c1)Cc1ccccc1-2.c1ccc2ccccc2c1.c1ccccc1. The maximum atomic E-state index is 2.25. The third-order valence-corrected chi connectivity index (χ3v) is 8.07. The third kappa shape index (κ3) is 8.54. The van der Waals surface area contributed by atoms with Gasteiger partial charge in [-0.25, -0.2) is 0 Å². The number of fused-ring (bicyclic) bond motifs is 4. The third-order valence-electron chi connectivity index (χ3n) is 8.07. The smallest absolute Gasteiger partial charge is 0.0461 e. The molecular formula is C47H39N. The number of para-hydroxylation sites is 3. The zero-order valence-electron chi connectivity index (χ0n) is 27.0. The van der Waals surface area contributed by atoms with Crippen LogP contribution in [0.3, 0.4) is 0 Å². The number of rotatable bonds is 3. The highest BCUT2D eigenvalue weighted by Gasteiger charge is 2.16. The van der Waals surface area contributed by atoms with Gasteiger partial charge in [0.2, 0.25) is 0 Å². The molecule has 1 heteroatoms. The molecule has 9 rings (SSSR count). The van der Waals surface area contributed by atoms with Crippen LogP contribution in [0.25, 0.3) is 21.9 Å². The molecule has 8 aromatic rings. The summed E-state index contributed by atoms with van der Waals surface area (Å²) in [5.41, 5.74) is 9.25. The standard InChI is InChI=1S/C18H15N.C13H10.C10H8.C6H6/c1-4-10-16(11-5-1)19(17-12-6-2-7-13-17)18-14-8-3-9-15-18;1-3-7-12-10(5-1)9-11-6-2-4-8-13(11)12;1-2-6-10-8-4-3-7-9(10)5-1;1-2-4-6-5-3-1/h1-15H;1-8H,9H2;1-8H;1-6H. The van der Waals surface area contributed by atoms with Crippen LogP contribution in [0, 0.1) is 0 Å². The average Bonchev–Trinajstić information content (AvgIpc) is 3.57. The van der Waals surface area contributed by atoms with Crippen molar-refractivity contribution in [1.82, 2.24) is 0 Å². The van der Waals surface area contributed by atoms with Crippen LogP contribution in [-0.4, -0.2) is 0 Å². The Morgan fingerprint density at radius 1 is 0.250 bits per heavy atom. The van der Waals surface area contributed by atoms with E-state index in [-0.39, 0.29) is 0 Å². The monoisotopic (exact) mass is 617 g/mol. The summed E-state index contributed by atoms with van der Waals surface area (Å²) in [6.07, 6.45) is 1.10. The van der Waals surface area contributed by atoms with Crippen LogP contribution in [0.2, 0.25) is 0 Å². The van der Waals surface area contributed by atoms with Crippen molar-refractivity contribution < 1.29 is 0 Å². The Balaban J connectivity index is 0.000000120. The maximum absolute atomic E-state index is 2.25. The number of hydrogen-bond donors (Lipinski definition) is 0.